The van der Waals surface area contributed by atoms with E-state index < -0.39 is 11.6 Å². The lowest BCUT2D eigenvalue weighted by Crippen LogP contribution is -2.63. The van der Waals surface area contributed by atoms with Crippen LogP contribution in [0, 0.1) is 0 Å². The van der Waals surface area contributed by atoms with Crippen LogP contribution in [0.15, 0.2) is 16.7 Å². The summed E-state index contributed by atoms with van der Waals surface area (Å²) in [6.07, 6.45) is 2.17. The van der Waals surface area contributed by atoms with Crippen molar-refractivity contribution in [2.75, 3.05) is 19.7 Å². The third kappa shape index (κ3) is 2.78. The van der Waals surface area contributed by atoms with Gasteiger partial charge in [-0.1, -0.05) is 6.92 Å². The molecule has 1 saturated heterocycles. The molecule has 0 aromatic carbocycles. The molecule has 6 nitrogen and oxygen atoms in total. The highest BCUT2D eigenvalue weighted by atomic mass is 16.5. The number of hydrogen-bond acceptors (Lipinski definition) is 4. The van der Waals surface area contributed by atoms with E-state index in [4.69, 9.17) is 14.3 Å². The van der Waals surface area contributed by atoms with Crippen LogP contribution in [0.1, 0.15) is 30.0 Å². The first-order valence-corrected chi connectivity index (χ1v) is 6.16. The van der Waals surface area contributed by atoms with Crippen LogP contribution in [0.2, 0.25) is 0 Å². The van der Waals surface area contributed by atoms with E-state index in [1.54, 1.807) is 17.9 Å². The van der Waals surface area contributed by atoms with Crippen LogP contribution in [0.3, 0.4) is 0 Å². The minimum Gasteiger partial charge on any atom is -0.480 e. The van der Waals surface area contributed by atoms with E-state index >= 15 is 0 Å². The van der Waals surface area contributed by atoms with Gasteiger partial charge in [0.25, 0.3) is 5.91 Å². The van der Waals surface area contributed by atoms with Gasteiger partial charge in [0.15, 0.2) is 0 Å². The zero-order valence-electron chi connectivity index (χ0n) is 11.0. The lowest BCUT2D eigenvalue weighted by atomic mass is 9.95. The summed E-state index contributed by atoms with van der Waals surface area (Å²) >= 11 is 0. The van der Waals surface area contributed by atoms with Crippen molar-refractivity contribution in [3.63, 3.8) is 0 Å². The minimum absolute atomic E-state index is 0.0954. The number of amides is 1. The Balaban J connectivity index is 1.93. The number of furan rings is 1. The molecule has 0 radical (unpaired) electrons. The van der Waals surface area contributed by atoms with Crippen molar-refractivity contribution in [3.8, 4) is 0 Å². The average molecular weight is 267 g/mol. The predicted molar refractivity (Wildman–Crippen MR) is 66.0 cm³/mol. The molecule has 1 amide bonds. The van der Waals surface area contributed by atoms with Gasteiger partial charge in [0, 0.05) is 6.42 Å². The van der Waals surface area contributed by atoms with Crippen LogP contribution in [-0.4, -0.2) is 47.2 Å². The number of likely N-dealkylation sites (tertiary alicyclic amines) is 1. The molecule has 0 aliphatic carbocycles. The van der Waals surface area contributed by atoms with Crippen LogP contribution in [0.25, 0.3) is 0 Å². The van der Waals surface area contributed by atoms with Crippen LogP contribution in [0.5, 0.6) is 0 Å². The fraction of sp³-hybridized carbons (Fsp3) is 0.538. The molecule has 1 aliphatic rings. The molecule has 1 aliphatic heterocycles. The van der Waals surface area contributed by atoms with Crippen LogP contribution in [-0.2, 0) is 16.0 Å². The van der Waals surface area contributed by atoms with E-state index in [0.29, 0.717) is 30.8 Å². The van der Waals surface area contributed by atoms with Crippen LogP contribution in [0.4, 0.5) is 0 Å². The lowest BCUT2D eigenvalue weighted by molar-refractivity contribution is -0.159. The highest BCUT2D eigenvalue weighted by Crippen LogP contribution is 2.27. The molecule has 19 heavy (non-hydrogen) atoms. The number of nitrogens with zero attached hydrogens (tertiary/aromatic N) is 1. The molecular weight excluding hydrogens is 250 g/mol. The van der Waals surface area contributed by atoms with Crippen LogP contribution < -0.4 is 0 Å². The van der Waals surface area contributed by atoms with Gasteiger partial charge in [-0.3, -0.25) is 4.79 Å². The van der Waals surface area contributed by atoms with Gasteiger partial charge in [-0.25, -0.2) is 4.79 Å². The molecule has 1 aromatic heterocycles. The first-order chi connectivity index (χ1) is 8.95. The Bertz CT molecular complexity index is 487. The fourth-order valence-corrected chi connectivity index (χ4v) is 2.21. The molecule has 104 valence electrons. The molecule has 0 spiro atoms. The predicted octanol–water partition coefficient (Wildman–Crippen LogP) is 1.16. The van der Waals surface area contributed by atoms with E-state index in [0.717, 1.165) is 0 Å². The third-order valence-corrected chi connectivity index (χ3v) is 3.18. The maximum Gasteiger partial charge on any atom is 0.329 e. The molecule has 6 heteroatoms. The zero-order chi connectivity index (χ0) is 14.0. The van der Waals surface area contributed by atoms with Crippen molar-refractivity contribution < 1.29 is 23.8 Å². The van der Waals surface area contributed by atoms with E-state index in [2.05, 4.69) is 0 Å². The number of hydrogen-bond donors (Lipinski definition) is 1. The topological polar surface area (TPSA) is 80.0 Å². The standard InChI is InChI=1S/C13H17NO5/c1-3-10-9(4-5-18-10)12(17)14-7-13(2,8-14)19-6-11(15)16/h4-5H,3,6-8H2,1-2H3,(H,15,16). The molecule has 0 bridgehead atoms. The van der Waals surface area contributed by atoms with Gasteiger partial charge in [-0.05, 0) is 13.0 Å². The van der Waals surface area contributed by atoms with Crippen molar-refractivity contribution in [1.29, 1.82) is 0 Å². The Morgan fingerprint density at radius 3 is 2.79 bits per heavy atom. The van der Waals surface area contributed by atoms with E-state index in [1.807, 2.05) is 6.92 Å². The normalized spacial score (nSPS) is 17.1. The Hall–Kier alpha value is -1.82. The second kappa shape index (κ2) is 5.05. The number of carboxylic acid groups (broad SMARTS) is 1. The molecule has 0 atom stereocenters. The van der Waals surface area contributed by atoms with E-state index in [-0.39, 0.29) is 12.5 Å². The molecule has 1 aromatic rings. The van der Waals surface area contributed by atoms with Gasteiger partial charge in [-0.15, -0.1) is 0 Å². The summed E-state index contributed by atoms with van der Waals surface area (Å²) in [6.45, 7) is 4.17. The molecule has 1 N–H and O–H groups in total. The number of aliphatic carboxylic acids is 1. The largest absolute Gasteiger partial charge is 0.480 e. The smallest absolute Gasteiger partial charge is 0.329 e. The van der Waals surface area contributed by atoms with E-state index in [9.17, 15) is 9.59 Å². The molecule has 0 saturated carbocycles. The monoisotopic (exact) mass is 267 g/mol. The SMILES string of the molecule is CCc1occc1C(=O)N1CC(C)(OCC(=O)O)C1. The Morgan fingerprint density at radius 2 is 2.21 bits per heavy atom. The van der Waals surface area contributed by atoms with Crippen molar-refractivity contribution in [2.24, 2.45) is 0 Å². The number of ether oxygens (including phenoxy) is 1. The van der Waals surface area contributed by atoms with Gasteiger partial charge in [0.2, 0.25) is 0 Å². The average Bonchev–Trinajstić information content (AvgIpc) is 2.80. The van der Waals surface area contributed by atoms with Gasteiger partial charge < -0.3 is 19.2 Å². The number of carboxylic acids is 1. The third-order valence-electron chi connectivity index (χ3n) is 3.18. The quantitative estimate of drug-likeness (QED) is 0.865. The van der Waals surface area contributed by atoms with Gasteiger partial charge in [0.05, 0.1) is 24.9 Å². The van der Waals surface area contributed by atoms with Crippen molar-refractivity contribution in [3.05, 3.63) is 23.7 Å². The number of carbonyl (C=O) groups is 2. The van der Waals surface area contributed by atoms with Crippen molar-refractivity contribution in [1.82, 2.24) is 4.90 Å². The first kappa shape index (κ1) is 13.6. The van der Waals surface area contributed by atoms with Crippen molar-refractivity contribution >= 4 is 11.9 Å². The maximum atomic E-state index is 12.2. The second-order valence-corrected chi connectivity index (χ2v) is 4.90. The Kier molecular flexibility index (Phi) is 3.61. The highest BCUT2D eigenvalue weighted by Gasteiger charge is 2.43. The summed E-state index contributed by atoms with van der Waals surface area (Å²) in [5.74, 6) is -0.429. The zero-order valence-corrected chi connectivity index (χ0v) is 11.0. The summed E-state index contributed by atoms with van der Waals surface area (Å²) < 4.78 is 10.5. The minimum atomic E-state index is -1.01. The molecular formula is C13H17NO5. The highest BCUT2D eigenvalue weighted by molar-refractivity contribution is 5.95. The van der Waals surface area contributed by atoms with Gasteiger partial charge in [-0.2, -0.15) is 0 Å². The second-order valence-electron chi connectivity index (χ2n) is 4.90. The molecule has 2 rings (SSSR count). The first-order valence-electron chi connectivity index (χ1n) is 6.16. The summed E-state index contributed by atoms with van der Waals surface area (Å²) in [4.78, 5) is 24.3. The maximum absolute atomic E-state index is 12.2. The summed E-state index contributed by atoms with van der Waals surface area (Å²) in [6, 6.07) is 1.66. The Morgan fingerprint density at radius 1 is 1.53 bits per heavy atom. The van der Waals surface area contributed by atoms with Gasteiger partial charge >= 0.3 is 5.97 Å². The molecule has 2 heterocycles. The number of rotatable bonds is 5. The Labute approximate surface area is 110 Å². The number of aryl methyl sites for hydroxylation is 1. The van der Waals surface area contributed by atoms with E-state index in [1.165, 1.54) is 6.26 Å². The fourth-order valence-electron chi connectivity index (χ4n) is 2.21. The molecule has 0 unspecified atom stereocenters. The van der Waals surface area contributed by atoms with Gasteiger partial charge in [0.1, 0.15) is 18.0 Å². The number of carbonyl (C=O) groups excluding carboxylic acids is 1. The lowest BCUT2D eigenvalue weighted by Gasteiger charge is -2.47. The molecule has 1 fully saturated rings. The summed E-state index contributed by atoms with van der Waals surface area (Å²) in [7, 11) is 0. The summed E-state index contributed by atoms with van der Waals surface area (Å²) in [5.41, 5.74) is 0.00671. The van der Waals surface area contributed by atoms with Crippen LogP contribution >= 0.6 is 0 Å². The van der Waals surface area contributed by atoms with Crippen molar-refractivity contribution in [2.45, 2.75) is 25.9 Å². The summed E-state index contributed by atoms with van der Waals surface area (Å²) in [5, 5.41) is 8.57.